The van der Waals surface area contributed by atoms with E-state index in [-0.39, 0.29) is 0 Å². The molecule has 0 heterocycles. The summed E-state index contributed by atoms with van der Waals surface area (Å²) in [5, 5.41) is 19.1. The molecule has 2 N–H and O–H groups in total. The zero-order chi connectivity index (χ0) is 24.6. The van der Waals surface area contributed by atoms with Gasteiger partial charge in [-0.05, 0) is 89.3 Å². The minimum Gasteiger partial charge on any atom is -0.494 e. The van der Waals surface area contributed by atoms with Gasteiger partial charge in [0.1, 0.15) is 11.5 Å². The lowest BCUT2D eigenvalue weighted by atomic mass is 9.88. The Morgan fingerprint density at radius 3 is 1.85 bits per heavy atom. The summed E-state index contributed by atoms with van der Waals surface area (Å²) in [6, 6.07) is 13.0. The van der Waals surface area contributed by atoms with E-state index in [9.17, 15) is 19.8 Å². The third-order valence-electron chi connectivity index (χ3n) is 5.68. The Morgan fingerprint density at radius 2 is 1.33 bits per heavy atom. The summed E-state index contributed by atoms with van der Waals surface area (Å²) in [7, 11) is 0. The van der Waals surface area contributed by atoms with Gasteiger partial charge in [-0.25, -0.2) is 0 Å². The Morgan fingerprint density at radius 1 is 0.818 bits per heavy atom. The summed E-state index contributed by atoms with van der Waals surface area (Å²) >= 11 is 6.04. The Bertz CT molecular complexity index is 950. The lowest BCUT2D eigenvalue weighted by Gasteiger charge is -2.20. The second-order valence-corrected chi connectivity index (χ2v) is 9.88. The SMILES string of the molecule is CC(C)(CCCOc1ccc(OCCCC(C)(C)C(=O)O)c(-c2ccc(Cl)cc2)c1)C(=O)O. The molecular weight excluding hydrogens is 444 g/mol. The van der Waals surface area contributed by atoms with Crippen LogP contribution in [0.4, 0.5) is 0 Å². The van der Waals surface area contributed by atoms with Gasteiger partial charge in [0.25, 0.3) is 0 Å². The van der Waals surface area contributed by atoms with Crippen LogP contribution in [0, 0.1) is 10.8 Å². The van der Waals surface area contributed by atoms with Crippen LogP contribution in [0.25, 0.3) is 11.1 Å². The van der Waals surface area contributed by atoms with Crippen molar-refractivity contribution in [2.24, 2.45) is 10.8 Å². The van der Waals surface area contributed by atoms with E-state index >= 15 is 0 Å². The Labute approximate surface area is 200 Å². The number of hydrogen-bond donors (Lipinski definition) is 2. The summed E-state index contributed by atoms with van der Waals surface area (Å²) in [6.45, 7) is 7.62. The maximum Gasteiger partial charge on any atom is 0.309 e. The van der Waals surface area contributed by atoms with Gasteiger partial charge in [0.2, 0.25) is 0 Å². The highest BCUT2D eigenvalue weighted by Gasteiger charge is 2.27. The molecule has 0 aliphatic carbocycles. The predicted molar refractivity (Wildman–Crippen MR) is 129 cm³/mol. The molecule has 0 aliphatic rings. The van der Waals surface area contributed by atoms with E-state index in [0.717, 1.165) is 11.1 Å². The summed E-state index contributed by atoms with van der Waals surface area (Å²) < 4.78 is 11.9. The van der Waals surface area contributed by atoms with Gasteiger partial charge in [0.05, 0.1) is 24.0 Å². The number of rotatable bonds is 13. The number of halogens is 1. The normalized spacial score (nSPS) is 11.8. The smallest absolute Gasteiger partial charge is 0.309 e. The summed E-state index contributed by atoms with van der Waals surface area (Å²) in [4.78, 5) is 22.5. The molecule has 0 bridgehead atoms. The zero-order valence-electron chi connectivity index (χ0n) is 19.7. The van der Waals surface area contributed by atoms with Crippen LogP contribution in [0.1, 0.15) is 53.4 Å². The van der Waals surface area contributed by atoms with Crippen molar-refractivity contribution in [3.05, 3.63) is 47.5 Å². The van der Waals surface area contributed by atoms with Crippen molar-refractivity contribution in [1.29, 1.82) is 0 Å². The molecule has 2 aromatic rings. The van der Waals surface area contributed by atoms with Gasteiger partial charge in [0, 0.05) is 10.6 Å². The van der Waals surface area contributed by atoms with Gasteiger partial charge in [-0.2, -0.15) is 0 Å². The van der Waals surface area contributed by atoms with Gasteiger partial charge in [0.15, 0.2) is 0 Å². The lowest BCUT2D eigenvalue weighted by molar-refractivity contribution is -0.148. The van der Waals surface area contributed by atoms with Crippen molar-refractivity contribution < 1.29 is 29.3 Å². The molecule has 0 unspecified atom stereocenters. The predicted octanol–water partition coefficient (Wildman–Crippen LogP) is 6.55. The quantitative estimate of drug-likeness (QED) is 0.318. The second-order valence-electron chi connectivity index (χ2n) is 9.45. The molecule has 33 heavy (non-hydrogen) atoms. The van der Waals surface area contributed by atoms with Crippen LogP contribution < -0.4 is 9.47 Å². The molecule has 7 heteroatoms. The number of benzene rings is 2. The molecular formula is C26H33ClO6. The Kier molecular flexibility index (Phi) is 9.17. The van der Waals surface area contributed by atoms with Gasteiger partial charge in [-0.15, -0.1) is 0 Å². The highest BCUT2D eigenvalue weighted by atomic mass is 35.5. The first-order chi connectivity index (χ1) is 15.4. The summed E-state index contributed by atoms with van der Waals surface area (Å²) in [6.07, 6.45) is 2.25. The third kappa shape index (κ3) is 7.97. The molecule has 0 radical (unpaired) electrons. The highest BCUT2D eigenvalue weighted by Crippen LogP contribution is 2.35. The Balaban J connectivity index is 2.08. The Hall–Kier alpha value is -2.73. The van der Waals surface area contributed by atoms with Crippen LogP contribution in [-0.4, -0.2) is 35.4 Å². The summed E-state index contributed by atoms with van der Waals surface area (Å²) in [5.74, 6) is -0.310. The number of ether oxygens (including phenoxy) is 2. The van der Waals surface area contributed by atoms with Gasteiger partial charge in [-0.1, -0.05) is 23.7 Å². The number of hydrogen-bond acceptors (Lipinski definition) is 4. The monoisotopic (exact) mass is 476 g/mol. The molecule has 0 fully saturated rings. The highest BCUT2D eigenvalue weighted by molar-refractivity contribution is 6.30. The number of carboxylic acid groups (broad SMARTS) is 2. The number of carbonyl (C=O) groups is 2. The maximum atomic E-state index is 11.3. The molecule has 0 saturated heterocycles. The largest absolute Gasteiger partial charge is 0.494 e. The molecule has 0 amide bonds. The molecule has 0 saturated carbocycles. The fourth-order valence-corrected chi connectivity index (χ4v) is 3.32. The minimum absolute atomic E-state index is 0.391. The van der Waals surface area contributed by atoms with E-state index in [0.29, 0.717) is 55.4 Å². The lowest BCUT2D eigenvalue weighted by Crippen LogP contribution is -2.24. The van der Waals surface area contributed by atoms with Crippen LogP contribution in [-0.2, 0) is 9.59 Å². The molecule has 0 aromatic heterocycles. The minimum atomic E-state index is -0.822. The number of carboxylic acids is 2. The first-order valence-corrected chi connectivity index (χ1v) is 11.4. The van der Waals surface area contributed by atoms with Crippen molar-refractivity contribution in [2.75, 3.05) is 13.2 Å². The average molecular weight is 477 g/mol. The molecule has 180 valence electrons. The van der Waals surface area contributed by atoms with Crippen LogP contribution in [0.3, 0.4) is 0 Å². The fourth-order valence-electron chi connectivity index (χ4n) is 3.19. The standard InChI is InChI=1S/C26H33ClO6/c1-25(2,23(28)29)13-5-15-32-20-11-12-22(33-16-6-14-26(3,4)24(30)31)21(17-20)18-7-9-19(27)10-8-18/h7-12,17H,5-6,13-16H2,1-4H3,(H,28,29)(H,30,31). The van der Waals surface area contributed by atoms with Crippen molar-refractivity contribution in [2.45, 2.75) is 53.4 Å². The second kappa shape index (κ2) is 11.4. The van der Waals surface area contributed by atoms with Crippen LogP contribution in [0.5, 0.6) is 11.5 Å². The summed E-state index contributed by atoms with van der Waals surface area (Å²) in [5.41, 5.74) is 0.172. The van der Waals surface area contributed by atoms with E-state index < -0.39 is 22.8 Å². The van der Waals surface area contributed by atoms with Crippen molar-refractivity contribution in [1.82, 2.24) is 0 Å². The third-order valence-corrected chi connectivity index (χ3v) is 5.93. The molecule has 0 aliphatic heterocycles. The number of aliphatic carboxylic acids is 2. The van der Waals surface area contributed by atoms with Crippen LogP contribution >= 0.6 is 11.6 Å². The van der Waals surface area contributed by atoms with Gasteiger partial charge >= 0.3 is 11.9 Å². The zero-order valence-corrected chi connectivity index (χ0v) is 20.4. The molecule has 0 atom stereocenters. The molecule has 0 spiro atoms. The molecule has 2 aromatic carbocycles. The van der Waals surface area contributed by atoms with E-state index in [1.807, 2.05) is 30.3 Å². The molecule has 2 rings (SSSR count). The molecule has 6 nitrogen and oxygen atoms in total. The maximum absolute atomic E-state index is 11.3. The van der Waals surface area contributed by atoms with Crippen molar-refractivity contribution >= 4 is 23.5 Å². The first kappa shape index (κ1) is 26.5. The fraction of sp³-hybridized carbons (Fsp3) is 0.462. The van der Waals surface area contributed by atoms with Crippen molar-refractivity contribution in [3.63, 3.8) is 0 Å². The van der Waals surface area contributed by atoms with Gasteiger partial charge in [-0.3, -0.25) is 9.59 Å². The van der Waals surface area contributed by atoms with E-state index in [1.54, 1.807) is 39.8 Å². The topological polar surface area (TPSA) is 93.1 Å². The first-order valence-electron chi connectivity index (χ1n) is 11.0. The van der Waals surface area contributed by atoms with E-state index in [2.05, 4.69) is 0 Å². The van der Waals surface area contributed by atoms with Crippen LogP contribution in [0.15, 0.2) is 42.5 Å². The van der Waals surface area contributed by atoms with Crippen molar-refractivity contribution in [3.8, 4) is 22.6 Å². The van der Waals surface area contributed by atoms with Gasteiger partial charge < -0.3 is 19.7 Å². The van der Waals surface area contributed by atoms with E-state index in [1.165, 1.54) is 0 Å². The van der Waals surface area contributed by atoms with Crippen LogP contribution in [0.2, 0.25) is 5.02 Å². The van der Waals surface area contributed by atoms with E-state index in [4.69, 9.17) is 21.1 Å². The average Bonchev–Trinajstić information content (AvgIpc) is 2.75.